The second-order valence-electron chi connectivity index (χ2n) is 7.43. The molecule has 7 nitrogen and oxygen atoms in total. The van der Waals surface area contributed by atoms with Gasteiger partial charge < -0.3 is 14.2 Å². The highest BCUT2D eigenvalue weighted by molar-refractivity contribution is 7.99. The van der Waals surface area contributed by atoms with Gasteiger partial charge in [-0.05, 0) is 36.4 Å². The van der Waals surface area contributed by atoms with Gasteiger partial charge in [-0.25, -0.2) is 0 Å². The Bertz CT molecular complexity index is 1040. The van der Waals surface area contributed by atoms with Gasteiger partial charge in [0.1, 0.15) is 5.75 Å². The molecule has 1 aromatic heterocycles. The summed E-state index contributed by atoms with van der Waals surface area (Å²) in [6.45, 7) is 3.55. The van der Waals surface area contributed by atoms with E-state index in [1.807, 2.05) is 53.4 Å². The molecular formula is C23H25ClN4O3S. The number of carbonyl (C=O) groups excluding carboxylic acids is 1. The molecular weight excluding hydrogens is 448 g/mol. The number of piperazine rings is 1. The van der Waals surface area contributed by atoms with Gasteiger partial charge in [0, 0.05) is 48.8 Å². The minimum Gasteiger partial charge on any atom is -0.497 e. The zero-order valence-corrected chi connectivity index (χ0v) is 19.4. The largest absolute Gasteiger partial charge is 0.497 e. The summed E-state index contributed by atoms with van der Waals surface area (Å²) in [4.78, 5) is 22.2. The summed E-state index contributed by atoms with van der Waals surface area (Å²) < 4.78 is 10.6. The number of hydrogen-bond acceptors (Lipinski definition) is 7. The zero-order valence-electron chi connectivity index (χ0n) is 17.9. The predicted octanol–water partition coefficient (Wildman–Crippen LogP) is 4.23. The lowest BCUT2D eigenvalue weighted by Crippen LogP contribution is -2.48. The van der Waals surface area contributed by atoms with Gasteiger partial charge in [-0.2, -0.15) is 4.98 Å². The molecule has 1 amide bonds. The van der Waals surface area contributed by atoms with Gasteiger partial charge in [-0.1, -0.05) is 28.9 Å². The van der Waals surface area contributed by atoms with Crippen LogP contribution in [0.2, 0.25) is 5.02 Å². The van der Waals surface area contributed by atoms with Crippen LogP contribution in [0, 0.1) is 0 Å². The van der Waals surface area contributed by atoms with Crippen LogP contribution in [-0.2, 0) is 11.3 Å². The van der Waals surface area contributed by atoms with Crippen LogP contribution in [0.3, 0.4) is 0 Å². The fourth-order valence-electron chi connectivity index (χ4n) is 3.49. The number of rotatable bonds is 8. The van der Waals surface area contributed by atoms with E-state index in [-0.39, 0.29) is 5.91 Å². The van der Waals surface area contributed by atoms with E-state index in [0.717, 1.165) is 40.1 Å². The van der Waals surface area contributed by atoms with Crippen LogP contribution in [-0.4, -0.2) is 64.9 Å². The third-order valence-corrected chi connectivity index (χ3v) is 6.83. The summed E-state index contributed by atoms with van der Waals surface area (Å²) in [5, 5.41) is 4.82. The maximum atomic E-state index is 12.6. The molecule has 0 unspecified atom stereocenters. The van der Waals surface area contributed by atoms with Crippen molar-refractivity contribution in [3.8, 4) is 17.1 Å². The maximum Gasteiger partial charge on any atom is 0.241 e. The molecule has 0 spiro atoms. The summed E-state index contributed by atoms with van der Waals surface area (Å²) in [7, 11) is 1.63. The van der Waals surface area contributed by atoms with E-state index < -0.39 is 0 Å². The zero-order chi connectivity index (χ0) is 22.3. The highest BCUT2D eigenvalue weighted by Gasteiger charge is 2.22. The van der Waals surface area contributed by atoms with Gasteiger partial charge in [-0.15, -0.1) is 11.8 Å². The van der Waals surface area contributed by atoms with Gasteiger partial charge in [0.15, 0.2) is 0 Å². The Morgan fingerprint density at radius 3 is 2.59 bits per heavy atom. The first-order valence-corrected chi connectivity index (χ1v) is 11.8. The number of benzene rings is 2. The molecule has 1 aliphatic heterocycles. The van der Waals surface area contributed by atoms with Crippen molar-refractivity contribution in [2.75, 3.05) is 39.0 Å². The first kappa shape index (κ1) is 22.6. The Morgan fingerprint density at radius 1 is 1.12 bits per heavy atom. The third kappa shape index (κ3) is 5.82. The smallest absolute Gasteiger partial charge is 0.241 e. The van der Waals surface area contributed by atoms with Crippen LogP contribution in [0.5, 0.6) is 5.75 Å². The van der Waals surface area contributed by atoms with E-state index in [0.29, 0.717) is 37.8 Å². The normalized spacial score (nSPS) is 14.5. The summed E-state index contributed by atoms with van der Waals surface area (Å²) in [6, 6.07) is 15.3. The lowest BCUT2D eigenvalue weighted by Gasteiger charge is -2.34. The van der Waals surface area contributed by atoms with Gasteiger partial charge in [-0.3, -0.25) is 9.69 Å². The Kier molecular flexibility index (Phi) is 7.68. The second kappa shape index (κ2) is 10.8. The molecule has 2 aromatic carbocycles. The molecule has 32 heavy (non-hydrogen) atoms. The Morgan fingerprint density at radius 2 is 1.88 bits per heavy atom. The van der Waals surface area contributed by atoms with Crippen molar-refractivity contribution >= 4 is 29.3 Å². The van der Waals surface area contributed by atoms with Gasteiger partial charge >= 0.3 is 0 Å². The first-order chi connectivity index (χ1) is 15.6. The quantitative estimate of drug-likeness (QED) is 0.454. The van der Waals surface area contributed by atoms with Crippen LogP contribution in [0.1, 0.15) is 12.3 Å². The van der Waals surface area contributed by atoms with Crippen LogP contribution in [0.25, 0.3) is 11.4 Å². The van der Waals surface area contributed by atoms with Crippen molar-refractivity contribution in [3.63, 3.8) is 0 Å². The molecule has 0 bridgehead atoms. The number of aromatic nitrogens is 2. The summed E-state index contributed by atoms with van der Waals surface area (Å²) >= 11 is 7.80. The summed E-state index contributed by atoms with van der Waals surface area (Å²) in [5.74, 6) is 2.83. The minimum atomic E-state index is 0.184. The van der Waals surface area contributed by atoms with E-state index in [9.17, 15) is 4.79 Å². The topological polar surface area (TPSA) is 71.7 Å². The third-order valence-electron chi connectivity index (χ3n) is 5.31. The molecule has 168 valence electrons. The first-order valence-electron chi connectivity index (χ1n) is 10.5. The fraction of sp³-hybridized carbons (Fsp3) is 0.348. The van der Waals surface area contributed by atoms with Gasteiger partial charge in [0.05, 0.1) is 18.7 Å². The van der Waals surface area contributed by atoms with Crippen LogP contribution >= 0.6 is 23.4 Å². The standard InChI is InChI=1S/C23H25ClN4O3S/c1-30-18-8-6-17(7-9-18)23-25-21(31-26-23)16-27-11-13-28(14-12-27)22(29)10-15-32-20-5-3-2-4-19(20)24/h2-9H,10-16H2,1H3. The Hall–Kier alpha value is -2.55. The maximum absolute atomic E-state index is 12.6. The molecule has 0 N–H and O–H groups in total. The Labute approximate surface area is 196 Å². The SMILES string of the molecule is COc1ccc(-c2noc(CN3CCN(C(=O)CCSc4ccccc4Cl)CC3)n2)cc1. The van der Waals surface area contributed by atoms with E-state index in [2.05, 4.69) is 15.0 Å². The highest BCUT2D eigenvalue weighted by Crippen LogP contribution is 2.27. The summed E-state index contributed by atoms with van der Waals surface area (Å²) in [5.41, 5.74) is 0.880. The predicted molar refractivity (Wildman–Crippen MR) is 125 cm³/mol. The van der Waals surface area contributed by atoms with Crippen LogP contribution < -0.4 is 4.74 Å². The number of ether oxygens (including phenoxy) is 1. The number of carbonyl (C=O) groups is 1. The monoisotopic (exact) mass is 472 g/mol. The molecule has 0 atom stereocenters. The average Bonchev–Trinajstić information content (AvgIpc) is 3.29. The van der Waals surface area contributed by atoms with Crippen molar-refractivity contribution in [1.29, 1.82) is 0 Å². The van der Waals surface area contributed by atoms with E-state index in [1.54, 1.807) is 18.9 Å². The van der Waals surface area contributed by atoms with Gasteiger partial charge in [0.2, 0.25) is 17.6 Å². The second-order valence-corrected chi connectivity index (χ2v) is 8.97. The van der Waals surface area contributed by atoms with Crippen molar-refractivity contribution in [2.45, 2.75) is 17.9 Å². The van der Waals surface area contributed by atoms with E-state index in [1.165, 1.54) is 0 Å². The number of nitrogens with zero attached hydrogens (tertiary/aromatic N) is 4. The molecule has 9 heteroatoms. The van der Waals surface area contributed by atoms with E-state index >= 15 is 0 Å². The summed E-state index contributed by atoms with van der Waals surface area (Å²) in [6.07, 6.45) is 0.505. The van der Waals surface area contributed by atoms with E-state index in [4.69, 9.17) is 20.9 Å². The number of halogens is 1. The molecule has 1 fully saturated rings. The molecule has 3 aromatic rings. The van der Waals surface area contributed by atoms with Crippen molar-refractivity contribution in [3.05, 3.63) is 59.4 Å². The number of hydrogen-bond donors (Lipinski definition) is 0. The molecule has 1 aliphatic rings. The lowest BCUT2D eigenvalue weighted by atomic mass is 10.2. The Balaban J connectivity index is 1.21. The van der Waals surface area contributed by atoms with Crippen molar-refractivity contribution < 1.29 is 14.1 Å². The molecule has 4 rings (SSSR count). The number of amides is 1. The average molecular weight is 473 g/mol. The van der Waals surface area contributed by atoms with Gasteiger partial charge in [0.25, 0.3) is 0 Å². The van der Waals surface area contributed by atoms with Crippen LogP contribution in [0.15, 0.2) is 57.9 Å². The van der Waals surface area contributed by atoms with Crippen LogP contribution in [0.4, 0.5) is 0 Å². The minimum absolute atomic E-state index is 0.184. The molecule has 0 radical (unpaired) electrons. The molecule has 2 heterocycles. The molecule has 1 saturated heterocycles. The van der Waals surface area contributed by atoms with Crippen molar-refractivity contribution in [2.24, 2.45) is 0 Å². The number of methoxy groups -OCH3 is 1. The fourth-order valence-corrected chi connectivity index (χ4v) is 4.67. The molecule has 0 saturated carbocycles. The highest BCUT2D eigenvalue weighted by atomic mass is 35.5. The molecule has 0 aliphatic carbocycles. The van der Waals surface area contributed by atoms with Crippen molar-refractivity contribution in [1.82, 2.24) is 19.9 Å². The number of thioether (sulfide) groups is 1. The lowest BCUT2D eigenvalue weighted by molar-refractivity contribution is -0.132.